The van der Waals surface area contributed by atoms with E-state index in [1.54, 1.807) is 27.8 Å². The zero-order chi connectivity index (χ0) is 21.6. The minimum Gasteiger partial charge on any atom is -0.376 e. The number of carbonyl (C=O) groups is 1. The van der Waals surface area contributed by atoms with E-state index < -0.39 is 0 Å². The third kappa shape index (κ3) is 5.87. The summed E-state index contributed by atoms with van der Waals surface area (Å²) in [6.07, 6.45) is 5.72. The lowest BCUT2D eigenvalue weighted by atomic mass is 10.2. The van der Waals surface area contributed by atoms with Crippen LogP contribution in [-0.2, 0) is 16.0 Å². The van der Waals surface area contributed by atoms with Gasteiger partial charge in [-0.05, 0) is 43.4 Å². The number of anilines is 1. The Balaban J connectivity index is 1.46. The third-order valence-corrected chi connectivity index (χ3v) is 6.09. The highest BCUT2D eigenvalue weighted by molar-refractivity contribution is 6.31. The van der Waals surface area contributed by atoms with Gasteiger partial charge < -0.3 is 24.3 Å². The lowest BCUT2D eigenvalue weighted by molar-refractivity contribution is 0.0524. The van der Waals surface area contributed by atoms with Crippen LogP contribution in [0.4, 0.5) is 10.5 Å². The summed E-state index contributed by atoms with van der Waals surface area (Å²) in [5.74, 6) is 0. The van der Waals surface area contributed by atoms with Crippen molar-refractivity contribution in [1.82, 2.24) is 9.47 Å². The molecule has 31 heavy (non-hydrogen) atoms. The van der Waals surface area contributed by atoms with Crippen LogP contribution in [0.2, 0.25) is 5.02 Å². The highest BCUT2D eigenvalue weighted by Gasteiger charge is 2.27. The summed E-state index contributed by atoms with van der Waals surface area (Å²) in [5, 5.41) is 3.54. The van der Waals surface area contributed by atoms with E-state index in [1.807, 2.05) is 18.2 Å². The van der Waals surface area contributed by atoms with E-state index in [2.05, 4.69) is 5.32 Å². The molecule has 2 fully saturated rings. The second-order valence-electron chi connectivity index (χ2n) is 8.08. The van der Waals surface area contributed by atoms with Crippen LogP contribution in [0.25, 0.3) is 0 Å². The van der Waals surface area contributed by atoms with E-state index >= 15 is 0 Å². The van der Waals surface area contributed by atoms with Gasteiger partial charge in [0.2, 0.25) is 0 Å². The van der Waals surface area contributed by atoms with Crippen LogP contribution in [-0.4, -0.2) is 54.0 Å². The number of nitrogens with one attached hydrogen (secondary N) is 1. The third-order valence-electron chi connectivity index (χ3n) is 5.72. The van der Waals surface area contributed by atoms with Crippen molar-refractivity contribution in [3.63, 3.8) is 0 Å². The van der Waals surface area contributed by atoms with Crippen LogP contribution in [0, 0.1) is 0 Å². The monoisotopic (exact) mass is 445 g/mol. The topological polar surface area (TPSA) is 72.8 Å². The number of ether oxygens (including phenoxy) is 2. The molecule has 166 valence electrons. The van der Waals surface area contributed by atoms with Crippen LogP contribution < -0.4 is 10.9 Å². The summed E-state index contributed by atoms with van der Waals surface area (Å²) in [6, 6.07) is 10.3. The summed E-state index contributed by atoms with van der Waals surface area (Å²) < 4.78 is 13.0. The fraction of sp³-hybridized carbons (Fsp3) is 0.478. The van der Waals surface area contributed by atoms with Crippen LogP contribution in [0.3, 0.4) is 0 Å². The number of hydrogen-bond acceptors (Lipinski definition) is 4. The minimum absolute atomic E-state index is 0.0568. The molecular formula is C23H28ClN3O4. The Morgan fingerprint density at radius 3 is 2.35 bits per heavy atom. The second-order valence-corrected chi connectivity index (χ2v) is 8.49. The number of pyridine rings is 1. The van der Waals surface area contributed by atoms with Gasteiger partial charge in [-0.25, -0.2) is 4.79 Å². The summed E-state index contributed by atoms with van der Waals surface area (Å²) in [7, 11) is 0. The van der Waals surface area contributed by atoms with Gasteiger partial charge in [-0.2, -0.15) is 0 Å². The van der Waals surface area contributed by atoms with Gasteiger partial charge in [0.05, 0.1) is 24.4 Å². The van der Waals surface area contributed by atoms with Gasteiger partial charge in [-0.3, -0.25) is 4.79 Å². The average Bonchev–Trinajstić information content (AvgIpc) is 3.46. The normalized spacial score (nSPS) is 20.7. The van der Waals surface area contributed by atoms with Crippen molar-refractivity contribution < 1.29 is 14.3 Å². The quantitative estimate of drug-likeness (QED) is 0.704. The van der Waals surface area contributed by atoms with Gasteiger partial charge in [0, 0.05) is 43.6 Å². The molecule has 4 rings (SSSR count). The first kappa shape index (κ1) is 21.9. The van der Waals surface area contributed by atoms with Crippen LogP contribution >= 0.6 is 11.6 Å². The first-order valence-electron chi connectivity index (χ1n) is 10.8. The SMILES string of the molecule is O=C(Nc1ccc(=O)n(Cc2ccccc2Cl)c1)N(C[C@@H]1CCCO1)C[C@@H]1CCCO1. The van der Waals surface area contributed by atoms with E-state index in [9.17, 15) is 9.59 Å². The smallest absolute Gasteiger partial charge is 0.322 e. The Labute approximate surface area is 186 Å². The molecule has 0 unspecified atom stereocenters. The predicted molar refractivity (Wildman–Crippen MR) is 120 cm³/mol. The zero-order valence-corrected chi connectivity index (χ0v) is 18.2. The maximum absolute atomic E-state index is 13.1. The molecule has 2 aliphatic rings. The summed E-state index contributed by atoms with van der Waals surface area (Å²) in [4.78, 5) is 27.2. The molecular weight excluding hydrogens is 418 g/mol. The minimum atomic E-state index is -0.214. The van der Waals surface area contributed by atoms with Gasteiger partial charge >= 0.3 is 6.03 Å². The largest absolute Gasteiger partial charge is 0.376 e. The first-order chi connectivity index (χ1) is 15.1. The van der Waals surface area contributed by atoms with Crippen molar-refractivity contribution in [3.05, 3.63) is 63.5 Å². The van der Waals surface area contributed by atoms with Gasteiger partial charge in [-0.15, -0.1) is 0 Å². The molecule has 8 heteroatoms. The van der Waals surface area contributed by atoms with Gasteiger partial charge in [0.1, 0.15) is 0 Å². The molecule has 0 bridgehead atoms. The maximum atomic E-state index is 13.1. The molecule has 2 saturated heterocycles. The average molecular weight is 446 g/mol. The molecule has 0 radical (unpaired) electrons. The van der Waals surface area contributed by atoms with Crippen molar-refractivity contribution in [2.45, 2.75) is 44.4 Å². The zero-order valence-electron chi connectivity index (χ0n) is 17.5. The van der Waals surface area contributed by atoms with Crippen molar-refractivity contribution in [3.8, 4) is 0 Å². The molecule has 1 aromatic carbocycles. The number of urea groups is 1. The molecule has 2 aliphatic heterocycles. The molecule has 0 spiro atoms. The van der Waals surface area contributed by atoms with Crippen molar-refractivity contribution in [2.75, 3.05) is 31.6 Å². The number of rotatable bonds is 7. The van der Waals surface area contributed by atoms with Crippen LogP contribution in [0.5, 0.6) is 0 Å². The standard InChI is InChI=1S/C23H28ClN3O4/c24-21-8-2-1-5-17(21)13-26-14-18(9-10-22(26)28)25-23(29)27(15-19-6-3-11-30-19)16-20-7-4-12-31-20/h1-2,5,8-10,14,19-20H,3-4,6-7,11-13,15-16H2,(H,25,29)/t19-,20-/m0/s1. The molecule has 0 aliphatic carbocycles. The van der Waals surface area contributed by atoms with E-state index in [4.69, 9.17) is 21.1 Å². The Hall–Kier alpha value is -2.35. The number of benzene rings is 1. The predicted octanol–water partition coefficient (Wildman–Crippen LogP) is 3.74. The fourth-order valence-electron chi connectivity index (χ4n) is 4.05. The van der Waals surface area contributed by atoms with Crippen molar-refractivity contribution >= 4 is 23.3 Å². The van der Waals surface area contributed by atoms with Gasteiger partial charge in [0.15, 0.2) is 0 Å². The highest BCUT2D eigenvalue weighted by atomic mass is 35.5. The van der Waals surface area contributed by atoms with Crippen LogP contribution in [0.15, 0.2) is 47.4 Å². The fourth-order valence-corrected chi connectivity index (χ4v) is 4.25. The van der Waals surface area contributed by atoms with E-state index in [1.165, 1.54) is 6.07 Å². The van der Waals surface area contributed by atoms with Gasteiger partial charge in [-0.1, -0.05) is 29.8 Å². The summed E-state index contributed by atoms with van der Waals surface area (Å²) in [6.45, 7) is 2.88. The number of halogens is 1. The lowest BCUT2D eigenvalue weighted by Crippen LogP contribution is -2.44. The summed E-state index contributed by atoms with van der Waals surface area (Å²) in [5.41, 5.74) is 1.24. The Morgan fingerprint density at radius 1 is 1.06 bits per heavy atom. The molecule has 0 saturated carbocycles. The number of carbonyl (C=O) groups excluding carboxylic acids is 1. The highest BCUT2D eigenvalue weighted by Crippen LogP contribution is 2.19. The molecule has 2 aromatic rings. The molecule has 3 heterocycles. The van der Waals surface area contributed by atoms with E-state index in [0.29, 0.717) is 30.3 Å². The number of aromatic nitrogens is 1. The molecule has 7 nitrogen and oxygen atoms in total. The molecule has 1 N–H and O–H groups in total. The second kappa shape index (κ2) is 10.3. The number of nitrogens with zero attached hydrogens (tertiary/aromatic N) is 2. The Kier molecular flexibility index (Phi) is 7.27. The lowest BCUT2D eigenvalue weighted by Gasteiger charge is -2.28. The molecule has 1 aromatic heterocycles. The summed E-state index contributed by atoms with van der Waals surface area (Å²) >= 11 is 6.24. The van der Waals surface area contributed by atoms with E-state index in [0.717, 1.165) is 44.5 Å². The maximum Gasteiger partial charge on any atom is 0.322 e. The van der Waals surface area contributed by atoms with Crippen molar-refractivity contribution in [1.29, 1.82) is 0 Å². The van der Waals surface area contributed by atoms with Crippen LogP contribution in [0.1, 0.15) is 31.2 Å². The number of amides is 2. The Bertz CT molecular complexity index is 934. The van der Waals surface area contributed by atoms with Gasteiger partial charge in [0.25, 0.3) is 5.56 Å². The van der Waals surface area contributed by atoms with Crippen molar-refractivity contribution in [2.24, 2.45) is 0 Å². The number of hydrogen-bond donors (Lipinski definition) is 1. The van der Waals surface area contributed by atoms with E-state index in [-0.39, 0.29) is 23.8 Å². The first-order valence-corrected chi connectivity index (χ1v) is 11.2. The molecule has 2 amide bonds. The molecule has 2 atom stereocenters. The Morgan fingerprint density at radius 2 is 1.74 bits per heavy atom.